The number of hydrogen-bond acceptors (Lipinski definition) is 9. The second kappa shape index (κ2) is 4.33. The first-order valence-electron chi connectivity index (χ1n) is 6.84. The van der Waals surface area contributed by atoms with Crippen LogP contribution in [0.5, 0.6) is 5.88 Å². The van der Waals surface area contributed by atoms with Gasteiger partial charge in [0, 0.05) is 11.6 Å². The third-order valence-electron chi connectivity index (χ3n) is 3.98. The number of phosphoric ester groups is 1. The second-order valence-electron chi connectivity index (χ2n) is 5.32. The van der Waals surface area contributed by atoms with Gasteiger partial charge in [0.2, 0.25) is 0 Å². The Morgan fingerprint density at radius 1 is 1.33 bits per heavy atom. The van der Waals surface area contributed by atoms with Gasteiger partial charge in [-0.1, -0.05) is 5.16 Å². The van der Waals surface area contributed by atoms with Gasteiger partial charge in [0.05, 0.1) is 18.9 Å². The number of aromatic nitrogens is 4. The SMILES string of the molecule is O.O=P12Oc3nc4c(c5nc(-c6ccon6)n(c35)O1)COCC4O2. The molecule has 0 aromatic carbocycles. The molecule has 0 saturated carbocycles. The Kier molecular flexibility index (Phi) is 2.52. The fourth-order valence-electron chi connectivity index (χ4n) is 3.04. The van der Waals surface area contributed by atoms with Crippen LogP contribution in [0.15, 0.2) is 16.9 Å². The molecule has 6 heterocycles. The molecule has 2 N–H and O–H groups in total. The van der Waals surface area contributed by atoms with Crippen LogP contribution in [0.2, 0.25) is 0 Å². The molecule has 0 radical (unpaired) electrons. The van der Waals surface area contributed by atoms with Gasteiger partial charge in [0.15, 0.2) is 17.0 Å². The maximum atomic E-state index is 12.8. The van der Waals surface area contributed by atoms with E-state index in [1.54, 1.807) is 6.07 Å². The highest BCUT2D eigenvalue weighted by Gasteiger charge is 2.48. The normalized spacial score (nSPS) is 25.9. The molecule has 6 rings (SSSR count). The van der Waals surface area contributed by atoms with Crippen LogP contribution in [-0.4, -0.2) is 31.9 Å². The van der Waals surface area contributed by atoms with Crippen LogP contribution in [0.25, 0.3) is 22.6 Å². The summed E-state index contributed by atoms with van der Waals surface area (Å²) < 4.78 is 40.9. The number of imidazole rings is 1. The largest absolute Gasteiger partial charge is 0.609 e. The van der Waals surface area contributed by atoms with Crippen molar-refractivity contribution in [2.24, 2.45) is 0 Å². The van der Waals surface area contributed by atoms with E-state index >= 15 is 0 Å². The maximum absolute atomic E-state index is 12.8. The minimum Gasteiger partial charge on any atom is -0.412 e. The Morgan fingerprint density at radius 2 is 2.25 bits per heavy atom. The molecule has 2 unspecified atom stereocenters. The van der Waals surface area contributed by atoms with Crippen molar-refractivity contribution in [3.05, 3.63) is 23.6 Å². The molecule has 124 valence electrons. The lowest BCUT2D eigenvalue weighted by Gasteiger charge is -2.24. The standard InChI is InChI=1S/C12H7N4O6P.H2O/c17-23-20-7-4-18-3-5-8(7)14-12(21-23)10-9(5)13-11(16(10)22-23)6-1-2-19-15-6;/h1-2,7H,3-4H2;1H2. The lowest BCUT2D eigenvalue weighted by Crippen LogP contribution is -2.21. The highest BCUT2D eigenvalue weighted by atomic mass is 31.2. The van der Waals surface area contributed by atoms with Crippen LogP contribution >= 0.6 is 7.82 Å². The summed E-state index contributed by atoms with van der Waals surface area (Å²) in [6, 6.07) is 1.62. The zero-order valence-electron chi connectivity index (χ0n) is 11.8. The minimum absolute atomic E-state index is 0. The van der Waals surface area contributed by atoms with Crippen LogP contribution in [0.1, 0.15) is 17.4 Å². The lowest BCUT2D eigenvalue weighted by atomic mass is 10.1. The van der Waals surface area contributed by atoms with E-state index in [2.05, 4.69) is 15.1 Å². The first-order valence-corrected chi connectivity index (χ1v) is 8.30. The first-order chi connectivity index (χ1) is 11.2. The van der Waals surface area contributed by atoms with E-state index in [0.29, 0.717) is 34.9 Å². The molecular formula is C12H9N4O7P. The molecule has 3 aromatic rings. The molecule has 24 heavy (non-hydrogen) atoms. The number of pyridine rings is 1. The molecule has 3 bridgehead atoms. The van der Waals surface area contributed by atoms with Gasteiger partial charge < -0.3 is 19.3 Å². The summed E-state index contributed by atoms with van der Waals surface area (Å²) in [6.07, 6.45) is 0.805. The Hall–Kier alpha value is -2.46. The third-order valence-corrected chi connectivity index (χ3v) is 5.25. The van der Waals surface area contributed by atoms with E-state index in [1.165, 1.54) is 11.0 Å². The Labute approximate surface area is 133 Å². The number of fused-ring (bicyclic) bond motifs is 2. The van der Waals surface area contributed by atoms with Gasteiger partial charge in [-0.25, -0.2) is 14.5 Å². The van der Waals surface area contributed by atoms with Gasteiger partial charge in [0.1, 0.15) is 17.9 Å². The van der Waals surface area contributed by atoms with Crippen LogP contribution in [0, 0.1) is 0 Å². The molecular weight excluding hydrogens is 343 g/mol. The predicted octanol–water partition coefficient (Wildman–Crippen LogP) is 0.792. The van der Waals surface area contributed by atoms with Crippen molar-refractivity contribution in [2.75, 3.05) is 6.61 Å². The average Bonchev–Trinajstić information content (AvgIpc) is 3.13. The van der Waals surface area contributed by atoms with E-state index in [0.717, 1.165) is 5.56 Å². The molecule has 0 fully saturated rings. The van der Waals surface area contributed by atoms with Crippen LogP contribution < -0.4 is 9.15 Å². The van der Waals surface area contributed by atoms with E-state index in [1.807, 2.05) is 0 Å². The van der Waals surface area contributed by atoms with Crippen molar-refractivity contribution in [1.82, 2.24) is 19.9 Å². The van der Waals surface area contributed by atoms with E-state index < -0.39 is 13.9 Å². The Balaban J connectivity index is 0.00000131. The quantitative estimate of drug-likeness (QED) is 0.581. The third kappa shape index (κ3) is 1.56. The summed E-state index contributed by atoms with van der Waals surface area (Å²) in [4.78, 5) is 9.02. The molecule has 0 aliphatic carbocycles. The molecule has 0 spiro atoms. The van der Waals surface area contributed by atoms with E-state index in [9.17, 15) is 4.57 Å². The molecule has 0 saturated heterocycles. The van der Waals surface area contributed by atoms with Crippen molar-refractivity contribution in [3.8, 4) is 17.4 Å². The summed E-state index contributed by atoms with van der Waals surface area (Å²) in [6.45, 7) is 0.563. The topological polar surface area (TPSA) is 142 Å². The van der Waals surface area contributed by atoms with Crippen molar-refractivity contribution >= 4 is 18.9 Å². The number of rotatable bonds is 1. The van der Waals surface area contributed by atoms with Gasteiger partial charge >= 0.3 is 7.82 Å². The number of ether oxygens (including phenoxy) is 1. The zero-order chi connectivity index (χ0) is 15.2. The van der Waals surface area contributed by atoms with Gasteiger partial charge in [-0.15, -0.1) is 4.73 Å². The number of nitrogens with zero attached hydrogens (tertiary/aromatic N) is 4. The molecule has 12 heteroatoms. The van der Waals surface area contributed by atoms with Crippen molar-refractivity contribution in [3.63, 3.8) is 0 Å². The number of phosphoric acid groups is 1. The summed E-state index contributed by atoms with van der Waals surface area (Å²) in [7, 11) is -3.88. The Bertz CT molecular complexity index is 1030. The minimum atomic E-state index is -3.88. The average molecular weight is 352 g/mol. The van der Waals surface area contributed by atoms with Crippen LogP contribution in [-0.2, 0) is 20.4 Å². The lowest BCUT2D eigenvalue weighted by molar-refractivity contribution is 0.00565. The van der Waals surface area contributed by atoms with Crippen LogP contribution in [0.3, 0.4) is 0 Å². The summed E-state index contributed by atoms with van der Waals surface area (Å²) in [5.41, 5.74) is 2.90. The van der Waals surface area contributed by atoms with Gasteiger partial charge in [-0.05, 0) is 0 Å². The summed E-state index contributed by atoms with van der Waals surface area (Å²) in [5.74, 6) is 0.515. The highest BCUT2D eigenvalue weighted by molar-refractivity contribution is 7.49. The van der Waals surface area contributed by atoms with E-state index in [-0.39, 0.29) is 18.0 Å². The Morgan fingerprint density at radius 3 is 3.08 bits per heavy atom. The van der Waals surface area contributed by atoms with Gasteiger partial charge in [-0.2, -0.15) is 0 Å². The monoisotopic (exact) mass is 352 g/mol. The van der Waals surface area contributed by atoms with Crippen molar-refractivity contribution in [1.29, 1.82) is 0 Å². The number of hydrogen-bond donors (Lipinski definition) is 0. The van der Waals surface area contributed by atoms with Crippen LogP contribution in [0.4, 0.5) is 0 Å². The molecule has 0 amide bonds. The zero-order valence-corrected chi connectivity index (χ0v) is 12.7. The van der Waals surface area contributed by atoms with Crippen molar-refractivity contribution < 1.29 is 33.0 Å². The molecule has 2 atom stereocenters. The maximum Gasteiger partial charge on any atom is 0.609 e. The van der Waals surface area contributed by atoms with Gasteiger partial charge in [0.25, 0.3) is 5.88 Å². The smallest absolute Gasteiger partial charge is 0.412 e. The summed E-state index contributed by atoms with van der Waals surface area (Å²) in [5, 5.41) is 3.86. The highest BCUT2D eigenvalue weighted by Crippen LogP contribution is 2.58. The fourth-order valence-corrected chi connectivity index (χ4v) is 4.33. The first kappa shape index (κ1) is 13.9. The van der Waals surface area contributed by atoms with Crippen molar-refractivity contribution in [2.45, 2.75) is 12.7 Å². The van der Waals surface area contributed by atoms with E-state index in [4.69, 9.17) is 22.9 Å². The second-order valence-corrected chi connectivity index (χ2v) is 6.77. The molecule has 3 aliphatic rings. The summed E-state index contributed by atoms with van der Waals surface area (Å²) >= 11 is 0. The molecule has 3 aliphatic heterocycles. The predicted molar refractivity (Wildman–Crippen MR) is 74.9 cm³/mol. The molecule has 11 nitrogen and oxygen atoms in total. The molecule has 3 aromatic heterocycles. The fraction of sp³-hybridized carbons (Fsp3) is 0.250. The van der Waals surface area contributed by atoms with Gasteiger partial charge in [-0.3, -0.25) is 9.15 Å².